The number of benzene rings is 2. The van der Waals surface area contributed by atoms with Crippen molar-refractivity contribution in [1.29, 1.82) is 0 Å². The molecular formula is C23H26ClNO6S. The highest BCUT2D eigenvalue weighted by atomic mass is 35.5. The number of halogens is 1. The van der Waals surface area contributed by atoms with Crippen molar-refractivity contribution in [2.75, 3.05) is 30.5 Å². The maximum Gasteiger partial charge on any atom is 0.259 e. The first-order valence-corrected chi connectivity index (χ1v) is 12.5. The second-order valence-corrected chi connectivity index (χ2v) is 9.35. The first-order valence-electron chi connectivity index (χ1n) is 10.4. The average molecular weight is 480 g/mol. The molecule has 0 saturated heterocycles. The van der Waals surface area contributed by atoms with Crippen LogP contribution in [-0.2, 0) is 9.84 Å². The number of nitrogens with zero attached hydrogens (tertiary/aromatic N) is 1. The van der Waals surface area contributed by atoms with Crippen LogP contribution >= 0.6 is 11.6 Å². The minimum Gasteiger partial charge on any atom is -0.490 e. The van der Waals surface area contributed by atoms with E-state index in [0.717, 1.165) is 5.41 Å². The van der Waals surface area contributed by atoms with Gasteiger partial charge in [-0.3, -0.25) is 4.79 Å². The van der Waals surface area contributed by atoms with Crippen LogP contribution in [0.2, 0.25) is 5.02 Å². The number of rotatable bonds is 9. The Bertz CT molecular complexity index is 1070. The van der Waals surface area contributed by atoms with Gasteiger partial charge >= 0.3 is 0 Å². The summed E-state index contributed by atoms with van der Waals surface area (Å²) in [5.41, 5.74) is 0.809. The van der Waals surface area contributed by atoms with Crippen LogP contribution in [0.1, 0.15) is 31.1 Å². The van der Waals surface area contributed by atoms with Crippen molar-refractivity contribution in [3.8, 4) is 17.2 Å². The molecule has 0 unspecified atom stereocenters. The number of hydrogen-bond donors (Lipinski definition) is 0. The summed E-state index contributed by atoms with van der Waals surface area (Å²) in [5, 5.41) is 1.65. The van der Waals surface area contributed by atoms with Crippen molar-refractivity contribution in [2.24, 2.45) is 0 Å². The summed E-state index contributed by atoms with van der Waals surface area (Å²) < 4.78 is 41.3. The molecule has 3 rings (SSSR count). The zero-order valence-electron chi connectivity index (χ0n) is 18.2. The first kappa shape index (κ1) is 23.9. The zero-order valence-corrected chi connectivity index (χ0v) is 19.8. The molecule has 0 N–H and O–H groups in total. The summed E-state index contributed by atoms with van der Waals surface area (Å²) in [6.07, 6.45) is 1.52. The standard InChI is InChI=1S/C23H26ClNO6S/c1-4-29-20-13-16(14-21(30-5-2)22(20)31-6-3)23(26)25(18-9-7-17(24)8-10-18)19-11-12-32(27,28)15-19/h7-14,19H,4-6,15H2,1-3H3/t19-/m1/s1. The predicted molar refractivity (Wildman–Crippen MR) is 125 cm³/mol. The Labute approximate surface area is 193 Å². The Kier molecular flexibility index (Phi) is 7.69. The lowest BCUT2D eigenvalue weighted by Crippen LogP contribution is -2.41. The van der Waals surface area contributed by atoms with Crippen LogP contribution in [0.3, 0.4) is 0 Å². The molecule has 1 amide bonds. The summed E-state index contributed by atoms with van der Waals surface area (Å²) >= 11 is 6.02. The molecule has 0 aliphatic carbocycles. The molecule has 2 aromatic rings. The SMILES string of the molecule is CCOc1cc(C(=O)N(c2ccc(Cl)cc2)[C@@H]2C=CS(=O)(=O)C2)cc(OCC)c1OCC. The third kappa shape index (κ3) is 5.37. The van der Waals surface area contributed by atoms with E-state index in [1.165, 1.54) is 11.0 Å². The molecule has 172 valence electrons. The topological polar surface area (TPSA) is 82.1 Å². The van der Waals surface area contributed by atoms with Gasteiger partial charge in [-0.15, -0.1) is 0 Å². The molecule has 0 saturated carbocycles. The molecule has 1 atom stereocenters. The highest BCUT2D eigenvalue weighted by molar-refractivity contribution is 7.94. The highest BCUT2D eigenvalue weighted by Gasteiger charge is 2.33. The lowest BCUT2D eigenvalue weighted by molar-refractivity contribution is 0.0982. The van der Waals surface area contributed by atoms with Gasteiger partial charge in [0.15, 0.2) is 21.3 Å². The number of ether oxygens (including phenoxy) is 3. The average Bonchev–Trinajstić information content (AvgIpc) is 3.11. The van der Waals surface area contributed by atoms with Crippen molar-refractivity contribution in [1.82, 2.24) is 0 Å². The summed E-state index contributed by atoms with van der Waals surface area (Å²) in [4.78, 5) is 15.2. The minimum atomic E-state index is -3.39. The molecule has 0 aromatic heterocycles. The van der Waals surface area contributed by atoms with E-state index in [9.17, 15) is 13.2 Å². The van der Waals surface area contributed by atoms with E-state index in [2.05, 4.69) is 0 Å². The van der Waals surface area contributed by atoms with Crippen molar-refractivity contribution in [3.63, 3.8) is 0 Å². The Morgan fingerprint density at radius 2 is 1.56 bits per heavy atom. The van der Waals surface area contributed by atoms with Crippen molar-refractivity contribution >= 4 is 33.0 Å². The Hall–Kier alpha value is -2.71. The van der Waals surface area contributed by atoms with Crippen molar-refractivity contribution in [2.45, 2.75) is 26.8 Å². The van der Waals surface area contributed by atoms with Gasteiger partial charge in [0.05, 0.1) is 31.6 Å². The molecule has 1 aliphatic rings. The van der Waals surface area contributed by atoms with Crippen LogP contribution in [0.15, 0.2) is 47.9 Å². The number of amides is 1. The maximum absolute atomic E-state index is 13.7. The number of carbonyl (C=O) groups is 1. The monoisotopic (exact) mass is 479 g/mol. The van der Waals surface area contributed by atoms with Gasteiger partial charge in [0.2, 0.25) is 5.75 Å². The molecule has 32 heavy (non-hydrogen) atoms. The van der Waals surface area contributed by atoms with Crippen LogP contribution in [0, 0.1) is 0 Å². The first-order chi connectivity index (χ1) is 15.3. The number of hydrogen-bond acceptors (Lipinski definition) is 6. The quantitative estimate of drug-likeness (QED) is 0.527. The number of carbonyl (C=O) groups excluding carboxylic acids is 1. The molecule has 2 aromatic carbocycles. The fourth-order valence-corrected chi connectivity index (χ4v) is 4.83. The van der Waals surface area contributed by atoms with Gasteiger partial charge in [0.1, 0.15) is 0 Å². The molecule has 0 bridgehead atoms. The molecule has 1 aliphatic heterocycles. The van der Waals surface area contributed by atoms with E-state index in [-0.39, 0.29) is 11.3 Å². The van der Waals surface area contributed by atoms with Crippen LogP contribution < -0.4 is 19.1 Å². The number of sulfone groups is 1. The fourth-order valence-electron chi connectivity index (χ4n) is 3.43. The molecule has 0 spiro atoms. The predicted octanol–water partition coefficient (Wildman–Crippen LogP) is 4.49. The van der Waals surface area contributed by atoms with Gasteiger partial charge < -0.3 is 19.1 Å². The Morgan fingerprint density at radius 1 is 1.00 bits per heavy atom. The molecule has 9 heteroatoms. The van der Waals surface area contributed by atoms with Gasteiger partial charge in [0.25, 0.3) is 5.91 Å². The fraction of sp³-hybridized carbons (Fsp3) is 0.348. The van der Waals surface area contributed by atoms with Gasteiger partial charge in [0, 0.05) is 21.7 Å². The molecule has 7 nitrogen and oxygen atoms in total. The molecule has 1 heterocycles. The van der Waals surface area contributed by atoms with Crippen LogP contribution in [-0.4, -0.2) is 45.9 Å². The highest BCUT2D eigenvalue weighted by Crippen LogP contribution is 2.40. The normalized spacial score (nSPS) is 16.6. The van der Waals surface area contributed by atoms with Crippen molar-refractivity contribution in [3.05, 3.63) is 58.5 Å². The summed E-state index contributed by atoms with van der Waals surface area (Å²) in [5.74, 6) is 0.594. The summed E-state index contributed by atoms with van der Waals surface area (Å²) in [6.45, 7) is 6.65. The third-order valence-corrected chi connectivity index (χ3v) is 6.35. The van der Waals surface area contributed by atoms with E-state index in [0.29, 0.717) is 47.8 Å². The lowest BCUT2D eigenvalue weighted by Gasteiger charge is -2.28. The van der Waals surface area contributed by atoms with E-state index < -0.39 is 21.8 Å². The van der Waals surface area contributed by atoms with E-state index in [1.54, 1.807) is 36.4 Å². The Morgan fingerprint density at radius 3 is 2.03 bits per heavy atom. The maximum atomic E-state index is 13.7. The zero-order chi connectivity index (χ0) is 23.3. The largest absolute Gasteiger partial charge is 0.490 e. The van der Waals surface area contributed by atoms with Crippen molar-refractivity contribution < 1.29 is 27.4 Å². The van der Waals surface area contributed by atoms with Crippen LogP contribution in [0.5, 0.6) is 17.2 Å². The van der Waals surface area contributed by atoms with E-state index >= 15 is 0 Å². The minimum absolute atomic E-state index is 0.199. The van der Waals surface area contributed by atoms with Gasteiger partial charge in [-0.1, -0.05) is 11.6 Å². The van der Waals surface area contributed by atoms with Gasteiger partial charge in [-0.2, -0.15) is 0 Å². The van der Waals surface area contributed by atoms with Gasteiger partial charge in [-0.25, -0.2) is 8.42 Å². The van der Waals surface area contributed by atoms with Crippen LogP contribution in [0.25, 0.3) is 0 Å². The summed E-state index contributed by atoms with van der Waals surface area (Å²) in [6, 6.07) is 9.19. The molecular weight excluding hydrogens is 454 g/mol. The number of anilines is 1. The van der Waals surface area contributed by atoms with Crippen LogP contribution in [0.4, 0.5) is 5.69 Å². The lowest BCUT2D eigenvalue weighted by atomic mass is 10.1. The second kappa shape index (κ2) is 10.3. The third-order valence-electron chi connectivity index (χ3n) is 4.72. The summed E-state index contributed by atoms with van der Waals surface area (Å²) in [7, 11) is -3.39. The van der Waals surface area contributed by atoms with Gasteiger partial charge in [-0.05, 0) is 63.2 Å². The second-order valence-electron chi connectivity index (χ2n) is 6.98. The molecule has 0 fully saturated rings. The van der Waals surface area contributed by atoms with E-state index in [4.69, 9.17) is 25.8 Å². The molecule has 0 radical (unpaired) electrons. The Balaban J connectivity index is 2.10. The smallest absolute Gasteiger partial charge is 0.259 e. The van der Waals surface area contributed by atoms with E-state index in [1.807, 2.05) is 20.8 Å².